The van der Waals surface area contributed by atoms with Crippen molar-refractivity contribution >= 4 is 17.2 Å². The van der Waals surface area contributed by atoms with Crippen molar-refractivity contribution in [2.24, 2.45) is 0 Å². The zero-order chi connectivity index (χ0) is 16.3. The maximum Gasteiger partial charge on any atom is 0.227 e. The number of likely N-dealkylation sites (N-methyl/N-ethyl adjacent to an activating group) is 1. The molecule has 0 aliphatic carbocycles. The van der Waals surface area contributed by atoms with Crippen molar-refractivity contribution < 1.29 is 14.3 Å². The van der Waals surface area contributed by atoms with Crippen molar-refractivity contribution in [3.05, 3.63) is 22.4 Å². The summed E-state index contributed by atoms with van der Waals surface area (Å²) in [5.41, 5.74) is 0.777. The van der Waals surface area contributed by atoms with Crippen LogP contribution in [0.4, 0.5) is 0 Å². The Morgan fingerprint density at radius 3 is 3.13 bits per heavy atom. The molecular formula is C17H26N2O3S. The molecule has 23 heavy (non-hydrogen) atoms. The third kappa shape index (κ3) is 4.32. The molecule has 0 N–H and O–H groups in total. The minimum absolute atomic E-state index is 0.174. The average Bonchev–Trinajstić information content (AvgIpc) is 3.07. The molecule has 0 saturated carbocycles. The van der Waals surface area contributed by atoms with Crippen molar-refractivity contribution in [1.82, 2.24) is 9.80 Å². The Bertz CT molecular complexity index is 520. The van der Waals surface area contributed by atoms with Gasteiger partial charge in [-0.2, -0.15) is 11.3 Å². The van der Waals surface area contributed by atoms with Crippen molar-refractivity contribution in [1.29, 1.82) is 0 Å². The molecule has 2 aliphatic rings. The fraction of sp³-hybridized carbons (Fsp3) is 0.706. The van der Waals surface area contributed by atoms with Gasteiger partial charge in [-0.3, -0.25) is 4.79 Å². The number of amides is 1. The summed E-state index contributed by atoms with van der Waals surface area (Å²) in [7, 11) is 4.13. The SMILES string of the molecule is CN(C)C[C@H]1CC[C@]2(COCCN(C(=O)Cc3ccsc3)C2)O1. The molecule has 2 fully saturated rings. The molecule has 1 aromatic heterocycles. The average molecular weight is 338 g/mol. The summed E-state index contributed by atoms with van der Waals surface area (Å²) in [6.07, 6.45) is 2.71. The van der Waals surface area contributed by atoms with Gasteiger partial charge in [0, 0.05) is 13.1 Å². The van der Waals surface area contributed by atoms with Crippen LogP contribution in [0.15, 0.2) is 16.8 Å². The van der Waals surface area contributed by atoms with Crippen LogP contribution in [-0.2, 0) is 20.7 Å². The maximum atomic E-state index is 12.6. The lowest BCUT2D eigenvalue weighted by atomic mass is 9.99. The molecule has 2 atom stereocenters. The van der Waals surface area contributed by atoms with Gasteiger partial charge in [0.25, 0.3) is 0 Å². The Hall–Kier alpha value is -0.950. The first-order chi connectivity index (χ1) is 11.1. The highest BCUT2D eigenvalue weighted by Gasteiger charge is 2.43. The number of nitrogens with zero attached hydrogens (tertiary/aromatic N) is 2. The Morgan fingerprint density at radius 1 is 1.52 bits per heavy atom. The predicted molar refractivity (Wildman–Crippen MR) is 90.8 cm³/mol. The van der Waals surface area contributed by atoms with Crippen LogP contribution in [0.5, 0.6) is 0 Å². The number of carbonyl (C=O) groups excluding carboxylic acids is 1. The Labute approximate surface area is 142 Å². The molecule has 0 bridgehead atoms. The van der Waals surface area contributed by atoms with E-state index in [4.69, 9.17) is 9.47 Å². The molecule has 0 radical (unpaired) electrons. The van der Waals surface area contributed by atoms with Crippen LogP contribution in [-0.4, -0.2) is 74.4 Å². The standard InChI is InChI=1S/C17H26N2O3S/c1-18(2)10-15-3-5-17(22-15)12-19(6-7-21-13-17)16(20)9-14-4-8-23-11-14/h4,8,11,15H,3,5-7,9-10,12-13H2,1-2H3/t15-,17+/m1/s1. The van der Waals surface area contributed by atoms with Crippen molar-refractivity contribution in [3.8, 4) is 0 Å². The first-order valence-corrected chi connectivity index (χ1v) is 9.20. The van der Waals surface area contributed by atoms with Crippen molar-refractivity contribution in [3.63, 3.8) is 0 Å². The van der Waals surface area contributed by atoms with Gasteiger partial charge in [0.2, 0.25) is 5.91 Å². The van der Waals surface area contributed by atoms with Crippen LogP contribution in [0.3, 0.4) is 0 Å². The van der Waals surface area contributed by atoms with Crippen LogP contribution in [0, 0.1) is 0 Å². The Kier molecular flexibility index (Phi) is 5.36. The first-order valence-electron chi connectivity index (χ1n) is 8.25. The van der Waals surface area contributed by atoms with E-state index in [-0.39, 0.29) is 17.6 Å². The number of hydrogen-bond acceptors (Lipinski definition) is 5. The number of carbonyl (C=O) groups is 1. The second kappa shape index (κ2) is 7.30. The van der Waals surface area contributed by atoms with E-state index in [0.717, 1.165) is 24.9 Å². The highest BCUT2D eigenvalue weighted by molar-refractivity contribution is 7.07. The van der Waals surface area contributed by atoms with Gasteiger partial charge in [-0.25, -0.2) is 0 Å². The molecule has 3 heterocycles. The Balaban J connectivity index is 1.63. The molecule has 0 aromatic carbocycles. The zero-order valence-electron chi connectivity index (χ0n) is 14.0. The summed E-state index contributed by atoms with van der Waals surface area (Å²) in [6, 6.07) is 2.02. The first kappa shape index (κ1) is 16.9. The molecule has 2 aliphatic heterocycles. The predicted octanol–water partition coefficient (Wildman–Crippen LogP) is 1.63. The molecule has 1 spiro atoms. The van der Waals surface area contributed by atoms with E-state index in [1.165, 1.54) is 0 Å². The zero-order valence-corrected chi connectivity index (χ0v) is 14.8. The quantitative estimate of drug-likeness (QED) is 0.837. The Morgan fingerprint density at radius 2 is 2.39 bits per heavy atom. The summed E-state index contributed by atoms with van der Waals surface area (Å²) >= 11 is 1.63. The van der Waals surface area contributed by atoms with Gasteiger partial charge < -0.3 is 19.3 Å². The molecule has 5 nitrogen and oxygen atoms in total. The second-order valence-corrected chi connectivity index (χ2v) is 7.68. The molecule has 3 rings (SSSR count). The molecule has 6 heteroatoms. The van der Waals surface area contributed by atoms with E-state index < -0.39 is 0 Å². The summed E-state index contributed by atoms with van der Waals surface area (Å²) in [4.78, 5) is 16.7. The molecule has 128 valence electrons. The second-order valence-electron chi connectivity index (χ2n) is 6.90. The van der Waals surface area contributed by atoms with E-state index in [1.807, 2.05) is 21.7 Å². The van der Waals surface area contributed by atoms with Gasteiger partial charge in [-0.15, -0.1) is 0 Å². The highest BCUT2D eigenvalue weighted by Crippen LogP contribution is 2.33. The molecule has 0 unspecified atom stereocenters. The van der Waals surface area contributed by atoms with E-state index in [2.05, 4.69) is 19.0 Å². The van der Waals surface area contributed by atoms with Crippen LogP contribution in [0.1, 0.15) is 18.4 Å². The van der Waals surface area contributed by atoms with E-state index in [9.17, 15) is 4.79 Å². The van der Waals surface area contributed by atoms with Crippen LogP contribution >= 0.6 is 11.3 Å². The lowest BCUT2D eigenvalue weighted by molar-refractivity contribution is -0.135. The lowest BCUT2D eigenvalue weighted by Crippen LogP contribution is -2.47. The molecule has 1 aromatic rings. The topological polar surface area (TPSA) is 42.0 Å². The van der Waals surface area contributed by atoms with Crippen LogP contribution in [0.25, 0.3) is 0 Å². The fourth-order valence-corrected chi connectivity index (χ4v) is 4.12. The van der Waals surface area contributed by atoms with E-state index in [0.29, 0.717) is 32.7 Å². The van der Waals surface area contributed by atoms with E-state index in [1.54, 1.807) is 11.3 Å². The minimum atomic E-state index is -0.318. The smallest absolute Gasteiger partial charge is 0.227 e. The monoisotopic (exact) mass is 338 g/mol. The third-order valence-electron chi connectivity index (χ3n) is 4.55. The summed E-state index contributed by atoms with van der Waals surface area (Å²) in [6.45, 7) is 3.43. The van der Waals surface area contributed by atoms with Gasteiger partial charge in [-0.1, -0.05) is 0 Å². The minimum Gasteiger partial charge on any atom is -0.377 e. The van der Waals surface area contributed by atoms with Crippen LogP contribution in [0.2, 0.25) is 0 Å². The lowest BCUT2D eigenvalue weighted by Gasteiger charge is -2.32. The van der Waals surface area contributed by atoms with Crippen molar-refractivity contribution in [2.45, 2.75) is 31.0 Å². The van der Waals surface area contributed by atoms with Gasteiger partial charge >= 0.3 is 0 Å². The van der Waals surface area contributed by atoms with Crippen LogP contribution < -0.4 is 0 Å². The normalized spacial score (nSPS) is 28.5. The van der Waals surface area contributed by atoms with E-state index >= 15 is 0 Å². The third-order valence-corrected chi connectivity index (χ3v) is 5.28. The fourth-order valence-electron chi connectivity index (χ4n) is 3.45. The van der Waals surface area contributed by atoms with Crippen molar-refractivity contribution in [2.75, 3.05) is 46.9 Å². The molecular weight excluding hydrogens is 312 g/mol. The molecule has 2 saturated heterocycles. The summed E-state index contributed by atoms with van der Waals surface area (Å²) in [5, 5.41) is 4.06. The summed E-state index contributed by atoms with van der Waals surface area (Å²) < 4.78 is 12.1. The number of rotatable bonds is 4. The largest absolute Gasteiger partial charge is 0.377 e. The number of ether oxygens (including phenoxy) is 2. The van der Waals surface area contributed by atoms with Gasteiger partial charge in [0.1, 0.15) is 5.60 Å². The number of hydrogen-bond donors (Lipinski definition) is 0. The van der Waals surface area contributed by atoms with Gasteiger partial charge in [0.05, 0.1) is 32.3 Å². The molecule has 1 amide bonds. The van der Waals surface area contributed by atoms with Gasteiger partial charge in [-0.05, 0) is 49.3 Å². The van der Waals surface area contributed by atoms with Gasteiger partial charge in [0.15, 0.2) is 0 Å². The highest BCUT2D eigenvalue weighted by atomic mass is 32.1. The number of thiophene rings is 1. The maximum absolute atomic E-state index is 12.6. The summed E-state index contributed by atoms with van der Waals surface area (Å²) in [5.74, 6) is 0.174.